The van der Waals surface area contributed by atoms with Crippen molar-refractivity contribution in [3.8, 4) is 0 Å². The van der Waals surface area contributed by atoms with Gasteiger partial charge in [0.1, 0.15) is 5.53 Å². The lowest BCUT2D eigenvalue weighted by atomic mass is 10.2. The number of carbonyl (C=O) groups is 1. The summed E-state index contributed by atoms with van der Waals surface area (Å²) in [7, 11) is -3.97. The van der Waals surface area contributed by atoms with Crippen LogP contribution >= 0.6 is 0 Å². The second kappa shape index (κ2) is 3.99. The van der Waals surface area contributed by atoms with Crippen LogP contribution < -0.4 is 4.91 Å². The zero-order chi connectivity index (χ0) is 11.5. The largest absolute Gasteiger partial charge is 0.478 e. The maximum Gasteiger partial charge on any atom is 0.355 e. The summed E-state index contributed by atoms with van der Waals surface area (Å²) in [6.07, 6.45) is 0. The van der Waals surface area contributed by atoms with Crippen molar-refractivity contribution >= 4 is 16.0 Å². The summed E-state index contributed by atoms with van der Waals surface area (Å²) in [5.41, 5.74) is 6.27. The van der Waals surface area contributed by atoms with Crippen LogP contribution in [0.4, 0.5) is 0 Å². The van der Waals surface area contributed by atoms with E-state index < -0.39 is 16.0 Å². The molecule has 0 atom stereocenters. The third-order valence-corrected chi connectivity index (χ3v) is 2.71. The minimum Gasteiger partial charge on any atom is -0.478 e. The Kier molecular flexibility index (Phi) is 2.93. The van der Waals surface area contributed by atoms with Crippen molar-refractivity contribution in [3.63, 3.8) is 0 Å². The van der Waals surface area contributed by atoms with Gasteiger partial charge in [0.2, 0.25) is 4.91 Å². The molecule has 1 rings (SSSR count). The fourth-order valence-electron chi connectivity index (χ4n) is 0.870. The second-order valence-corrected chi connectivity index (χ2v) is 4.07. The van der Waals surface area contributed by atoms with E-state index in [1.807, 2.05) is 0 Å². The highest BCUT2D eigenvalue weighted by Crippen LogP contribution is 2.12. The van der Waals surface area contributed by atoms with Crippen LogP contribution in [0.3, 0.4) is 0 Å². The van der Waals surface area contributed by atoms with E-state index in [1.54, 1.807) is 0 Å². The first-order chi connectivity index (χ1) is 6.97. The van der Waals surface area contributed by atoms with Crippen LogP contribution in [0.5, 0.6) is 0 Å². The van der Waals surface area contributed by atoms with E-state index in [2.05, 4.69) is 9.43 Å². The first kappa shape index (κ1) is 11.0. The minimum atomic E-state index is -3.97. The zero-order valence-corrected chi connectivity index (χ0v) is 8.10. The Morgan fingerprint density at radius 3 is 2.27 bits per heavy atom. The van der Waals surface area contributed by atoms with E-state index in [1.165, 1.54) is 0 Å². The summed E-state index contributed by atoms with van der Waals surface area (Å²) < 4.78 is 25.1. The molecule has 0 heterocycles. The first-order valence-corrected chi connectivity index (χ1v) is 5.08. The maximum atomic E-state index is 11.2. The topological polar surface area (TPSA) is 122 Å². The Bertz CT molecular complexity index is 528. The Morgan fingerprint density at radius 1 is 1.33 bits per heavy atom. The molecule has 0 amide bonds. The lowest BCUT2D eigenvalue weighted by Crippen LogP contribution is -1.99. The molecule has 1 aromatic rings. The van der Waals surface area contributed by atoms with Crippen LogP contribution in [0.25, 0.3) is 0 Å². The molecule has 0 radical (unpaired) electrons. The maximum absolute atomic E-state index is 11.2. The summed E-state index contributed by atoms with van der Waals surface area (Å²) >= 11 is 0. The van der Waals surface area contributed by atoms with Crippen molar-refractivity contribution in [2.75, 3.05) is 0 Å². The SMILES string of the molecule is N=[N+]=NS(=O)(=O)c1ccc(C(=O)O)cc1. The van der Waals surface area contributed by atoms with Crippen molar-refractivity contribution < 1.29 is 18.3 Å². The highest BCUT2D eigenvalue weighted by Gasteiger charge is 2.18. The highest BCUT2D eigenvalue weighted by molar-refractivity contribution is 7.90. The molecule has 15 heavy (non-hydrogen) atoms. The quantitative estimate of drug-likeness (QED) is 0.581. The second-order valence-electron chi connectivity index (χ2n) is 2.49. The average molecular weight is 228 g/mol. The molecule has 0 aliphatic rings. The summed E-state index contributed by atoms with van der Waals surface area (Å²) in [5, 5.41) is 8.56. The lowest BCUT2D eigenvalue weighted by molar-refractivity contribution is 0.0697. The van der Waals surface area contributed by atoms with E-state index in [4.69, 9.17) is 10.6 Å². The third-order valence-electron chi connectivity index (χ3n) is 1.55. The number of aromatic carboxylic acids is 1. The van der Waals surface area contributed by atoms with Gasteiger partial charge in [-0.1, -0.05) is 0 Å². The molecule has 0 fully saturated rings. The summed E-state index contributed by atoms with van der Waals surface area (Å²) in [6.45, 7) is 0. The number of carboxylic acid groups (broad SMARTS) is 1. The van der Waals surface area contributed by atoms with Crippen LogP contribution in [0.1, 0.15) is 10.4 Å². The molecule has 0 saturated heterocycles. The Balaban J connectivity index is 3.21. The van der Waals surface area contributed by atoms with Crippen molar-refractivity contribution in [1.82, 2.24) is 4.91 Å². The van der Waals surface area contributed by atoms with E-state index in [0.29, 0.717) is 0 Å². The van der Waals surface area contributed by atoms with Crippen molar-refractivity contribution in [2.24, 2.45) is 4.52 Å². The van der Waals surface area contributed by atoms with E-state index in [9.17, 15) is 13.2 Å². The molecular formula is C7H6N3O4S+. The van der Waals surface area contributed by atoms with Crippen molar-refractivity contribution in [2.45, 2.75) is 4.90 Å². The number of carboxylic acids is 1. The normalized spacial score (nSPS) is 10.4. The smallest absolute Gasteiger partial charge is 0.355 e. The molecule has 2 N–H and O–H groups in total. The van der Waals surface area contributed by atoms with Crippen LogP contribution in [-0.4, -0.2) is 19.5 Å². The number of hydrogen-bond donors (Lipinski definition) is 2. The van der Waals surface area contributed by atoms with Gasteiger partial charge in [0.05, 0.1) is 10.5 Å². The predicted molar refractivity (Wildman–Crippen MR) is 47.9 cm³/mol. The van der Waals surface area contributed by atoms with Crippen LogP contribution in [0, 0.1) is 5.53 Å². The van der Waals surface area contributed by atoms with Gasteiger partial charge in [-0.25, -0.2) is 4.79 Å². The van der Waals surface area contributed by atoms with Gasteiger partial charge in [-0.15, -0.1) is 0 Å². The van der Waals surface area contributed by atoms with Crippen molar-refractivity contribution in [3.05, 3.63) is 29.8 Å². The van der Waals surface area contributed by atoms with E-state index >= 15 is 0 Å². The summed E-state index contributed by atoms with van der Waals surface area (Å²) in [5.74, 6) is -1.15. The van der Waals surface area contributed by atoms with E-state index in [0.717, 1.165) is 24.3 Å². The molecule has 0 saturated carbocycles. The van der Waals surface area contributed by atoms with Gasteiger partial charge >= 0.3 is 16.0 Å². The number of nitrogens with zero attached hydrogens (tertiary/aromatic N) is 2. The number of nitrogens with one attached hydrogen (secondary N) is 1. The fourth-order valence-corrected chi connectivity index (χ4v) is 1.55. The number of benzene rings is 1. The molecule has 78 valence electrons. The van der Waals surface area contributed by atoms with Gasteiger partial charge in [0, 0.05) is 0 Å². The molecule has 0 bridgehead atoms. The Labute approximate surface area is 84.6 Å². The molecule has 8 heteroatoms. The Hall–Kier alpha value is -2.05. The zero-order valence-electron chi connectivity index (χ0n) is 7.28. The third kappa shape index (κ3) is 2.46. The molecule has 1 aromatic carbocycles. The van der Waals surface area contributed by atoms with Crippen LogP contribution in [0.15, 0.2) is 33.7 Å². The van der Waals surface area contributed by atoms with Gasteiger partial charge < -0.3 is 5.11 Å². The summed E-state index contributed by atoms with van der Waals surface area (Å²) in [6, 6.07) is 4.45. The van der Waals surface area contributed by atoms with Crippen molar-refractivity contribution in [1.29, 1.82) is 5.53 Å². The number of rotatable bonds is 3. The molecular weight excluding hydrogens is 222 g/mol. The van der Waals surface area contributed by atoms with Gasteiger partial charge in [-0.3, -0.25) is 0 Å². The minimum absolute atomic E-state index is 0.0308. The summed E-state index contributed by atoms with van der Waals surface area (Å²) in [4.78, 5) is 12.7. The average Bonchev–Trinajstić information content (AvgIpc) is 2.18. The lowest BCUT2D eigenvalue weighted by Gasteiger charge is -1.94. The molecule has 0 aliphatic heterocycles. The van der Waals surface area contributed by atoms with Gasteiger partial charge in [-0.05, 0) is 24.3 Å². The first-order valence-electron chi connectivity index (χ1n) is 3.64. The monoisotopic (exact) mass is 228 g/mol. The van der Waals surface area contributed by atoms with Crippen LogP contribution in [0.2, 0.25) is 0 Å². The van der Waals surface area contributed by atoms with E-state index in [-0.39, 0.29) is 10.5 Å². The molecule has 0 aromatic heterocycles. The Morgan fingerprint density at radius 2 is 1.87 bits per heavy atom. The molecule has 0 aliphatic carbocycles. The van der Waals surface area contributed by atoms with Gasteiger partial charge in [0.25, 0.3) is 4.52 Å². The fraction of sp³-hybridized carbons (Fsp3) is 0. The van der Waals surface area contributed by atoms with Crippen LogP contribution in [-0.2, 0) is 10.0 Å². The van der Waals surface area contributed by atoms with Gasteiger partial charge in [0.15, 0.2) is 0 Å². The molecule has 7 nitrogen and oxygen atoms in total. The number of hydrogen-bond acceptors (Lipinski definition) is 4. The van der Waals surface area contributed by atoms with Gasteiger partial charge in [-0.2, -0.15) is 8.42 Å². The molecule has 0 unspecified atom stereocenters. The standard InChI is InChI=1S/C7H5N3O4S/c8-9-10-15(13,14)6-3-1-5(2-4-6)7(11)12/h1-4,8H/p+1. The predicted octanol–water partition coefficient (Wildman–Crippen LogP) is 0.624. The molecule has 0 spiro atoms. The number of sulfonamides is 1. The highest BCUT2D eigenvalue weighted by atomic mass is 32.2.